The van der Waals surface area contributed by atoms with E-state index in [1.165, 1.54) is 117 Å². The first-order chi connectivity index (χ1) is 34.8. The molecule has 3 aliphatic carbocycles. The third-order valence-corrected chi connectivity index (χ3v) is 17.0. The molecular formula is C69H56N2. The fourth-order valence-corrected chi connectivity index (χ4v) is 13.6. The Morgan fingerprint density at radius 2 is 1.10 bits per heavy atom. The molecule has 2 nitrogen and oxygen atoms in total. The largest absolute Gasteiger partial charge is 0.314 e. The number of anilines is 5. The Bertz CT molecular complexity index is 3770. The zero-order valence-electron chi connectivity index (χ0n) is 41.0. The van der Waals surface area contributed by atoms with Gasteiger partial charge in [0.25, 0.3) is 0 Å². The second kappa shape index (κ2) is 15.8. The van der Waals surface area contributed by atoms with E-state index in [9.17, 15) is 0 Å². The molecule has 71 heavy (non-hydrogen) atoms. The van der Waals surface area contributed by atoms with Gasteiger partial charge in [-0.25, -0.2) is 0 Å². The van der Waals surface area contributed by atoms with Gasteiger partial charge in [0.15, 0.2) is 0 Å². The van der Waals surface area contributed by atoms with Gasteiger partial charge in [0.1, 0.15) is 0 Å². The first kappa shape index (κ1) is 42.0. The van der Waals surface area contributed by atoms with E-state index in [0.717, 1.165) is 24.9 Å². The van der Waals surface area contributed by atoms with Gasteiger partial charge >= 0.3 is 0 Å². The summed E-state index contributed by atoms with van der Waals surface area (Å²) in [6.45, 7) is 9.63. The summed E-state index contributed by atoms with van der Waals surface area (Å²) in [5, 5.41) is 4.98. The molecule has 0 amide bonds. The average Bonchev–Trinajstić information content (AvgIpc) is 3.64. The van der Waals surface area contributed by atoms with Gasteiger partial charge in [0, 0.05) is 40.5 Å². The molecular weight excluding hydrogens is 857 g/mol. The van der Waals surface area contributed by atoms with Gasteiger partial charge in [-0.05, 0) is 155 Å². The number of para-hydroxylation sites is 3. The Balaban J connectivity index is 1.07. The van der Waals surface area contributed by atoms with E-state index >= 15 is 0 Å². The number of hydrogen-bond acceptors (Lipinski definition) is 2. The Morgan fingerprint density at radius 1 is 0.479 bits per heavy atom. The monoisotopic (exact) mass is 912 g/mol. The van der Waals surface area contributed by atoms with Crippen molar-refractivity contribution in [3.05, 3.63) is 258 Å². The summed E-state index contributed by atoms with van der Waals surface area (Å²) in [5.41, 5.74) is 23.2. The van der Waals surface area contributed by atoms with Crippen LogP contribution in [0.5, 0.6) is 0 Å². The highest BCUT2D eigenvalue weighted by Gasteiger charge is 2.44. The van der Waals surface area contributed by atoms with Crippen molar-refractivity contribution in [1.29, 1.82) is 0 Å². The van der Waals surface area contributed by atoms with E-state index < -0.39 is 0 Å². The predicted molar refractivity (Wildman–Crippen MR) is 300 cm³/mol. The third-order valence-electron chi connectivity index (χ3n) is 17.0. The molecule has 5 aliphatic rings. The first-order valence-corrected chi connectivity index (χ1v) is 25.7. The topological polar surface area (TPSA) is 6.48 Å². The lowest BCUT2D eigenvalue weighted by Gasteiger charge is -2.42. The zero-order valence-corrected chi connectivity index (χ0v) is 41.0. The molecule has 2 heteroatoms. The number of fused-ring (bicyclic) bond motifs is 8. The second-order valence-electron chi connectivity index (χ2n) is 21.5. The third kappa shape index (κ3) is 6.26. The number of hydrogen-bond donors (Lipinski definition) is 0. The van der Waals surface area contributed by atoms with Crippen molar-refractivity contribution in [2.75, 3.05) is 9.80 Å². The fourth-order valence-electron chi connectivity index (χ4n) is 13.6. The lowest BCUT2D eigenvalue weighted by atomic mass is 9.73. The lowest BCUT2D eigenvalue weighted by Crippen LogP contribution is -2.30. The summed E-state index contributed by atoms with van der Waals surface area (Å²) in [6.07, 6.45) is 17.1. The molecule has 0 fully saturated rings. The Hall–Kier alpha value is -7.94. The molecule has 0 N–H and O–H groups in total. The van der Waals surface area contributed by atoms with Crippen LogP contribution in [0.15, 0.2) is 230 Å². The van der Waals surface area contributed by atoms with Crippen LogP contribution in [0.1, 0.15) is 74.3 Å². The van der Waals surface area contributed by atoms with Crippen LogP contribution in [-0.4, -0.2) is 0 Å². The normalized spacial score (nSPS) is 18.8. The molecule has 0 spiro atoms. The molecule has 2 unspecified atom stereocenters. The summed E-state index contributed by atoms with van der Waals surface area (Å²) >= 11 is 0. The maximum Gasteiger partial charge on any atom is 0.0502 e. The Morgan fingerprint density at radius 3 is 1.86 bits per heavy atom. The number of nitrogens with zero attached hydrogens (tertiary/aromatic N) is 2. The van der Waals surface area contributed by atoms with Gasteiger partial charge in [-0.3, -0.25) is 0 Å². The molecule has 0 aromatic heterocycles. The van der Waals surface area contributed by atoms with Crippen molar-refractivity contribution >= 4 is 50.0 Å². The first-order valence-electron chi connectivity index (χ1n) is 25.7. The van der Waals surface area contributed by atoms with E-state index in [1.807, 2.05) is 0 Å². The highest BCUT2D eigenvalue weighted by Crippen LogP contribution is 2.57. The summed E-state index contributed by atoms with van der Waals surface area (Å²) in [6, 6.07) is 69.5. The summed E-state index contributed by atoms with van der Waals surface area (Å²) in [7, 11) is 0. The van der Waals surface area contributed by atoms with Crippen molar-refractivity contribution in [3.8, 4) is 33.4 Å². The van der Waals surface area contributed by atoms with E-state index in [2.05, 4.69) is 256 Å². The standard InChI is InChI=1S/C69H56N2/c1-68(2)58-27-13-12-25-51(58)52-37-34-45(41-61(52)68)50-24-10-11-26-53(50)67-55-39-36-49(71-64-32-18-14-28-59(64)69(3,4)60-29-15-19-33-65(60)71)42-56(55)66(44-20-6-5-7-21-44)54-38-35-48(43-57(54)67)70-62-30-16-8-22-46(62)40-47-23-9-17-31-63(47)70/h5-16,18-30,32-39,41-43,51,58H,17,31,40H2,1-4H3. The maximum absolute atomic E-state index is 2.58. The molecule has 0 radical (unpaired) electrons. The Kier molecular flexibility index (Phi) is 9.34. The average molecular weight is 913 g/mol. The van der Waals surface area contributed by atoms with Crippen LogP contribution < -0.4 is 9.80 Å². The van der Waals surface area contributed by atoms with E-state index in [0.29, 0.717) is 11.8 Å². The molecule has 0 bridgehead atoms. The SMILES string of the molecule is CC1(C)c2ccccc2N(c2ccc3c(-c4ccccc4-c4ccc5c(c4)C(C)(C)C4C=CC=CC54)c4cc(N5C6=C(C=CCC6)Cc6ccccc65)ccc4c(-c4ccccc4)c3c2)c2ccccc21. The maximum atomic E-state index is 2.58. The van der Waals surface area contributed by atoms with E-state index in [1.54, 1.807) is 0 Å². The van der Waals surface area contributed by atoms with Crippen molar-refractivity contribution < 1.29 is 0 Å². The lowest BCUT2D eigenvalue weighted by molar-refractivity contribution is 0.394. The van der Waals surface area contributed by atoms with Crippen LogP contribution in [-0.2, 0) is 17.3 Å². The van der Waals surface area contributed by atoms with Crippen LogP contribution in [0.4, 0.5) is 28.4 Å². The summed E-state index contributed by atoms with van der Waals surface area (Å²) < 4.78 is 0. The van der Waals surface area contributed by atoms with Crippen molar-refractivity contribution in [3.63, 3.8) is 0 Å². The Labute approximate surface area is 418 Å². The molecule has 9 aromatic rings. The second-order valence-corrected chi connectivity index (χ2v) is 21.5. The van der Waals surface area contributed by atoms with Crippen LogP contribution in [0.3, 0.4) is 0 Å². The summed E-state index contributed by atoms with van der Waals surface area (Å²) in [5.74, 6) is 0.847. The molecule has 9 aromatic carbocycles. The fraction of sp³-hybridized carbons (Fsp3) is 0.159. The number of allylic oxidation sites excluding steroid dienone is 8. The smallest absolute Gasteiger partial charge is 0.0502 e. The zero-order chi connectivity index (χ0) is 47.6. The predicted octanol–water partition coefficient (Wildman–Crippen LogP) is 18.5. The van der Waals surface area contributed by atoms with Gasteiger partial charge in [-0.1, -0.05) is 204 Å². The molecule has 2 aliphatic heterocycles. The molecule has 0 saturated heterocycles. The minimum absolute atomic E-state index is 0.00171. The molecule has 0 saturated carbocycles. The minimum Gasteiger partial charge on any atom is -0.314 e. The highest BCUT2D eigenvalue weighted by atomic mass is 15.2. The quantitative estimate of drug-likeness (QED) is 0.159. The minimum atomic E-state index is -0.154. The molecule has 14 rings (SSSR count). The van der Waals surface area contributed by atoms with Crippen LogP contribution >= 0.6 is 0 Å². The van der Waals surface area contributed by atoms with Crippen molar-refractivity contribution in [2.24, 2.45) is 5.92 Å². The molecule has 2 atom stereocenters. The van der Waals surface area contributed by atoms with Gasteiger partial charge in [-0.15, -0.1) is 0 Å². The van der Waals surface area contributed by atoms with Crippen LogP contribution in [0.2, 0.25) is 0 Å². The van der Waals surface area contributed by atoms with Crippen LogP contribution in [0, 0.1) is 5.92 Å². The molecule has 2 heterocycles. The number of rotatable bonds is 5. The van der Waals surface area contributed by atoms with E-state index in [-0.39, 0.29) is 10.8 Å². The van der Waals surface area contributed by atoms with Crippen molar-refractivity contribution in [1.82, 2.24) is 0 Å². The van der Waals surface area contributed by atoms with Gasteiger partial charge in [-0.2, -0.15) is 0 Å². The van der Waals surface area contributed by atoms with Crippen molar-refractivity contribution in [2.45, 2.75) is 63.7 Å². The van der Waals surface area contributed by atoms with Gasteiger partial charge in [0.05, 0.1) is 11.4 Å². The van der Waals surface area contributed by atoms with Gasteiger partial charge < -0.3 is 9.80 Å². The number of benzene rings is 9. The van der Waals surface area contributed by atoms with E-state index in [4.69, 9.17) is 0 Å². The molecule has 342 valence electrons. The van der Waals surface area contributed by atoms with Gasteiger partial charge in [0.2, 0.25) is 0 Å². The highest BCUT2D eigenvalue weighted by molar-refractivity contribution is 6.23. The summed E-state index contributed by atoms with van der Waals surface area (Å²) in [4.78, 5) is 5.09. The van der Waals surface area contributed by atoms with Crippen LogP contribution in [0.25, 0.3) is 54.9 Å².